The monoisotopic (exact) mass is 449 g/mol. The van der Waals surface area contributed by atoms with Gasteiger partial charge in [-0.25, -0.2) is 22.4 Å². The number of urea groups is 1. The van der Waals surface area contributed by atoms with E-state index in [1.54, 1.807) is 10.6 Å². The van der Waals surface area contributed by atoms with Gasteiger partial charge in [0.25, 0.3) is 24.7 Å². The number of rotatable bonds is 8. The first kappa shape index (κ1) is 23.9. The molecule has 10 nitrogen and oxygen atoms in total. The molecule has 1 saturated heterocycles. The lowest BCUT2D eigenvalue weighted by atomic mass is 10.1. The number of alkyl halides is 4. The smallest absolute Gasteiger partial charge is 0.316 e. The van der Waals surface area contributed by atoms with Gasteiger partial charge >= 0.3 is 6.03 Å². The molecule has 1 atom stereocenters. The number of halogens is 4. The van der Waals surface area contributed by atoms with Crippen molar-refractivity contribution in [1.29, 1.82) is 0 Å². The molecule has 0 aliphatic carbocycles. The van der Waals surface area contributed by atoms with Crippen molar-refractivity contribution in [3.8, 4) is 0 Å². The molecule has 0 unspecified atom stereocenters. The molecule has 5 N–H and O–H groups in total. The second-order valence-electron chi connectivity index (χ2n) is 6.24. The standard InChI is InChI=1S/C17H19F4N5O5/c18-11(19)6-23-17(30)25-13(15(22)28)16(29)24-10-2-1-8(5-9(10)14(20)21)26-3-4-31-7-12(26)27/h1-2,5,11,13-14H,3-4,6-7H2,(H2,22,28)(H,24,29)(H2,23,25,30)/t13-/m1/s1. The summed E-state index contributed by atoms with van der Waals surface area (Å²) in [4.78, 5) is 48.5. The van der Waals surface area contributed by atoms with E-state index in [9.17, 15) is 36.7 Å². The van der Waals surface area contributed by atoms with Crippen LogP contribution in [0.2, 0.25) is 0 Å². The van der Waals surface area contributed by atoms with Crippen molar-refractivity contribution in [3.05, 3.63) is 23.8 Å². The molecule has 1 fully saturated rings. The van der Waals surface area contributed by atoms with Crippen LogP contribution in [0, 0.1) is 0 Å². The highest BCUT2D eigenvalue weighted by atomic mass is 19.3. The molecular weight excluding hydrogens is 430 g/mol. The summed E-state index contributed by atoms with van der Waals surface area (Å²) in [5.74, 6) is -3.05. The molecule has 0 bridgehead atoms. The van der Waals surface area contributed by atoms with Gasteiger partial charge in [-0.1, -0.05) is 0 Å². The van der Waals surface area contributed by atoms with Crippen LogP contribution in [-0.4, -0.2) is 62.5 Å². The van der Waals surface area contributed by atoms with Crippen molar-refractivity contribution in [1.82, 2.24) is 10.6 Å². The van der Waals surface area contributed by atoms with Crippen LogP contribution in [0.3, 0.4) is 0 Å². The third kappa shape index (κ3) is 6.53. The van der Waals surface area contributed by atoms with Gasteiger partial charge in [0.1, 0.15) is 6.61 Å². The van der Waals surface area contributed by atoms with Crippen LogP contribution >= 0.6 is 0 Å². The van der Waals surface area contributed by atoms with Crippen molar-refractivity contribution in [3.63, 3.8) is 0 Å². The number of carbonyl (C=O) groups is 4. The summed E-state index contributed by atoms with van der Waals surface area (Å²) in [6, 6.07) is 0.0724. The van der Waals surface area contributed by atoms with Crippen LogP contribution in [-0.2, 0) is 19.1 Å². The number of benzene rings is 1. The summed E-state index contributed by atoms with van der Waals surface area (Å²) in [5, 5.41) is 5.54. The first-order valence-corrected chi connectivity index (χ1v) is 8.83. The number of primary amides is 1. The molecule has 1 aromatic rings. The Balaban J connectivity index is 2.18. The largest absolute Gasteiger partial charge is 0.370 e. The fraction of sp³-hybridized carbons (Fsp3) is 0.412. The summed E-state index contributed by atoms with van der Waals surface area (Å²) >= 11 is 0. The zero-order chi connectivity index (χ0) is 23.1. The predicted octanol–water partition coefficient (Wildman–Crippen LogP) is 0.344. The minimum absolute atomic E-state index is 0.147. The van der Waals surface area contributed by atoms with E-state index in [0.717, 1.165) is 12.1 Å². The molecule has 1 aliphatic heterocycles. The Kier molecular flexibility index (Phi) is 8.13. The Morgan fingerprint density at radius 2 is 1.90 bits per heavy atom. The zero-order valence-electron chi connectivity index (χ0n) is 15.9. The molecule has 0 aromatic heterocycles. The summed E-state index contributed by atoms with van der Waals surface area (Å²) in [6.45, 7) is -0.888. The maximum atomic E-state index is 13.5. The highest BCUT2D eigenvalue weighted by Gasteiger charge is 2.29. The van der Waals surface area contributed by atoms with Gasteiger partial charge < -0.3 is 31.3 Å². The third-order valence-electron chi connectivity index (χ3n) is 4.06. The normalized spacial score (nSPS) is 15.0. The fourth-order valence-corrected chi connectivity index (χ4v) is 2.63. The summed E-state index contributed by atoms with van der Waals surface area (Å²) in [5.41, 5.74) is 4.13. The Morgan fingerprint density at radius 3 is 2.48 bits per heavy atom. The Hall–Kier alpha value is -3.42. The first-order valence-electron chi connectivity index (χ1n) is 8.83. The van der Waals surface area contributed by atoms with E-state index < -0.39 is 60.4 Å². The second-order valence-corrected chi connectivity index (χ2v) is 6.24. The maximum Gasteiger partial charge on any atom is 0.316 e. The number of amides is 5. The average Bonchev–Trinajstić information content (AvgIpc) is 2.70. The quantitative estimate of drug-likeness (QED) is 0.335. The van der Waals surface area contributed by atoms with E-state index in [4.69, 9.17) is 10.5 Å². The van der Waals surface area contributed by atoms with Crippen LogP contribution in [0.15, 0.2) is 18.2 Å². The van der Waals surface area contributed by atoms with E-state index in [-0.39, 0.29) is 25.4 Å². The number of morpholine rings is 1. The average molecular weight is 449 g/mol. The van der Waals surface area contributed by atoms with Gasteiger partial charge in [0.05, 0.1) is 13.2 Å². The molecule has 0 saturated carbocycles. The van der Waals surface area contributed by atoms with Gasteiger partial charge in [-0.15, -0.1) is 0 Å². The van der Waals surface area contributed by atoms with Gasteiger partial charge in [-0.2, -0.15) is 0 Å². The summed E-state index contributed by atoms with van der Waals surface area (Å²) < 4.78 is 56.3. The number of hydrogen-bond donors (Lipinski definition) is 4. The van der Waals surface area contributed by atoms with E-state index in [2.05, 4.69) is 0 Å². The maximum absolute atomic E-state index is 13.5. The van der Waals surface area contributed by atoms with Crippen molar-refractivity contribution in [2.24, 2.45) is 5.73 Å². The lowest BCUT2D eigenvalue weighted by Crippen LogP contribution is -2.54. The Labute approximate surface area is 173 Å². The SMILES string of the molecule is NC(=O)[C@@H](NC(=O)NCC(F)F)C(=O)Nc1ccc(N2CCOCC2=O)cc1C(F)F. The first-order chi connectivity index (χ1) is 14.6. The zero-order valence-corrected chi connectivity index (χ0v) is 15.9. The van der Waals surface area contributed by atoms with Gasteiger partial charge in [-0.05, 0) is 18.2 Å². The summed E-state index contributed by atoms with van der Waals surface area (Å²) in [7, 11) is 0. The summed E-state index contributed by atoms with van der Waals surface area (Å²) in [6.07, 6.45) is -5.95. The van der Waals surface area contributed by atoms with E-state index in [0.29, 0.717) is 0 Å². The van der Waals surface area contributed by atoms with Crippen LogP contribution in [0.1, 0.15) is 12.0 Å². The third-order valence-corrected chi connectivity index (χ3v) is 4.06. The molecule has 0 radical (unpaired) electrons. The van der Waals surface area contributed by atoms with Crippen molar-refractivity contribution in [2.75, 3.05) is 36.5 Å². The van der Waals surface area contributed by atoms with E-state index in [1.807, 2.05) is 5.32 Å². The molecule has 5 amide bonds. The Morgan fingerprint density at radius 1 is 1.19 bits per heavy atom. The van der Waals surface area contributed by atoms with Gasteiger partial charge in [0, 0.05) is 23.5 Å². The topological polar surface area (TPSA) is 143 Å². The molecule has 1 aliphatic rings. The van der Waals surface area contributed by atoms with Crippen LogP contribution in [0.5, 0.6) is 0 Å². The number of nitrogens with zero attached hydrogens (tertiary/aromatic N) is 1. The van der Waals surface area contributed by atoms with Crippen molar-refractivity contribution >= 4 is 35.1 Å². The number of nitrogens with two attached hydrogens (primary N) is 1. The van der Waals surface area contributed by atoms with Gasteiger partial charge in [0.15, 0.2) is 6.04 Å². The lowest BCUT2D eigenvalue weighted by Gasteiger charge is -2.27. The van der Waals surface area contributed by atoms with Crippen LogP contribution in [0.25, 0.3) is 0 Å². The Bertz CT molecular complexity index is 854. The minimum atomic E-state index is -3.07. The molecule has 1 aromatic carbocycles. The molecule has 0 spiro atoms. The number of ether oxygens (including phenoxy) is 1. The molecule has 1 heterocycles. The molecule has 31 heavy (non-hydrogen) atoms. The highest BCUT2D eigenvalue weighted by Crippen LogP contribution is 2.32. The minimum Gasteiger partial charge on any atom is -0.370 e. The predicted molar refractivity (Wildman–Crippen MR) is 98.7 cm³/mol. The van der Waals surface area contributed by atoms with E-state index in [1.165, 1.54) is 11.0 Å². The molecule has 170 valence electrons. The van der Waals surface area contributed by atoms with Crippen molar-refractivity contribution in [2.45, 2.75) is 18.9 Å². The van der Waals surface area contributed by atoms with Gasteiger partial charge in [-0.3, -0.25) is 14.4 Å². The molecule has 14 heteroatoms. The lowest BCUT2D eigenvalue weighted by molar-refractivity contribution is -0.128. The number of hydrogen-bond acceptors (Lipinski definition) is 5. The number of nitrogens with one attached hydrogen (secondary N) is 3. The van der Waals surface area contributed by atoms with Gasteiger partial charge in [0.2, 0.25) is 5.91 Å². The second kappa shape index (κ2) is 10.6. The number of carbonyl (C=O) groups excluding carboxylic acids is 4. The van der Waals surface area contributed by atoms with E-state index >= 15 is 0 Å². The van der Waals surface area contributed by atoms with Crippen LogP contribution in [0.4, 0.5) is 33.7 Å². The van der Waals surface area contributed by atoms with Crippen molar-refractivity contribution < 1.29 is 41.5 Å². The molecular formula is C17H19F4N5O5. The van der Waals surface area contributed by atoms with Crippen LogP contribution < -0.4 is 26.6 Å². The molecule has 2 rings (SSSR count). The fourth-order valence-electron chi connectivity index (χ4n) is 2.63. The highest BCUT2D eigenvalue weighted by molar-refractivity contribution is 6.11. The number of anilines is 2.